The first-order chi connectivity index (χ1) is 16.5. The van der Waals surface area contributed by atoms with Crippen LogP contribution < -0.4 is 10.1 Å². The molecule has 3 nitrogen and oxygen atoms in total. The minimum Gasteiger partial charge on any atom is -0.496 e. The molecule has 0 spiro atoms. The molecule has 1 unspecified atom stereocenters. The Balaban J connectivity index is 1.85. The number of pyridine rings is 1. The van der Waals surface area contributed by atoms with Gasteiger partial charge in [0.2, 0.25) is 0 Å². The molecular weight excluding hydrogens is 416 g/mol. The molecule has 0 radical (unpaired) electrons. The lowest BCUT2D eigenvalue weighted by atomic mass is 9.91. The molecule has 0 amide bonds. The summed E-state index contributed by atoms with van der Waals surface area (Å²) >= 11 is 0. The first-order valence-corrected chi connectivity index (χ1v) is 12.0. The van der Waals surface area contributed by atoms with Crippen molar-refractivity contribution in [2.24, 2.45) is 0 Å². The Kier molecular flexibility index (Phi) is 7.32. The highest BCUT2D eigenvalue weighted by molar-refractivity contribution is 5.68. The summed E-state index contributed by atoms with van der Waals surface area (Å²) in [5, 5.41) is 3.93. The van der Waals surface area contributed by atoms with Crippen molar-refractivity contribution in [3.8, 4) is 17.0 Å². The molecule has 0 saturated heterocycles. The van der Waals surface area contributed by atoms with Crippen LogP contribution >= 0.6 is 0 Å². The number of nitrogens with one attached hydrogen (secondary N) is 1. The molecule has 3 heteroatoms. The van der Waals surface area contributed by atoms with Crippen molar-refractivity contribution in [1.82, 2.24) is 4.98 Å². The van der Waals surface area contributed by atoms with Gasteiger partial charge < -0.3 is 10.1 Å². The van der Waals surface area contributed by atoms with Gasteiger partial charge in [-0.1, -0.05) is 94.4 Å². The normalized spacial score (nSPS) is 12.1. The van der Waals surface area contributed by atoms with Crippen LogP contribution in [0.25, 0.3) is 11.3 Å². The van der Waals surface area contributed by atoms with E-state index in [0.717, 1.165) is 22.7 Å². The van der Waals surface area contributed by atoms with Crippen LogP contribution in [0, 0.1) is 0 Å². The Hall–Kier alpha value is -3.59. The van der Waals surface area contributed by atoms with Crippen molar-refractivity contribution in [3.05, 3.63) is 113 Å². The number of nitrogens with zero attached hydrogens (tertiary/aromatic N) is 1. The SMILES string of the molecule is COc1ccccc1-c1cccc(C(Nc2c(C(C)C)cccc2C(C)C)c2ccccc2)n1. The lowest BCUT2D eigenvalue weighted by Crippen LogP contribution is -2.17. The quantitative estimate of drug-likeness (QED) is 0.294. The van der Waals surface area contributed by atoms with Crippen molar-refractivity contribution in [3.63, 3.8) is 0 Å². The molecule has 34 heavy (non-hydrogen) atoms. The van der Waals surface area contributed by atoms with Gasteiger partial charge in [-0.3, -0.25) is 4.98 Å². The smallest absolute Gasteiger partial charge is 0.128 e. The average Bonchev–Trinajstić information content (AvgIpc) is 2.87. The molecule has 0 aliphatic carbocycles. The predicted octanol–water partition coefficient (Wildman–Crippen LogP) is 8.21. The molecule has 0 aliphatic heterocycles. The number of ether oxygens (including phenoxy) is 1. The van der Waals surface area contributed by atoms with Crippen LogP contribution in [-0.2, 0) is 0 Å². The average molecular weight is 451 g/mol. The summed E-state index contributed by atoms with van der Waals surface area (Å²) in [6.45, 7) is 9.01. The fourth-order valence-electron chi connectivity index (χ4n) is 4.45. The van der Waals surface area contributed by atoms with Gasteiger partial charge in [0.05, 0.1) is 24.5 Å². The third-order valence-corrected chi connectivity index (χ3v) is 6.24. The summed E-state index contributed by atoms with van der Waals surface area (Å²) in [6.07, 6.45) is 0. The van der Waals surface area contributed by atoms with Crippen LogP contribution in [0.4, 0.5) is 5.69 Å². The number of rotatable bonds is 8. The number of anilines is 1. The third kappa shape index (κ3) is 4.99. The van der Waals surface area contributed by atoms with Crippen LogP contribution in [0.2, 0.25) is 0 Å². The summed E-state index contributed by atoms with van der Waals surface area (Å²) in [5.41, 5.74) is 7.92. The summed E-state index contributed by atoms with van der Waals surface area (Å²) in [6, 6.07) is 31.4. The van der Waals surface area contributed by atoms with Gasteiger partial charge in [0.1, 0.15) is 5.75 Å². The van der Waals surface area contributed by atoms with Gasteiger partial charge in [-0.2, -0.15) is 0 Å². The highest BCUT2D eigenvalue weighted by Crippen LogP contribution is 2.37. The number of benzene rings is 3. The van der Waals surface area contributed by atoms with Crippen LogP contribution in [0.1, 0.15) is 68.0 Å². The molecule has 174 valence electrons. The van der Waals surface area contributed by atoms with Crippen molar-refractivity contribution in [2.45, 2.75) is 45.6 Å². The predicted molar refractivity (Wildman–Crippen MR) is 143 cm³/mol. The monoisotopic (exact) mass is 450 g/mol. The van der Waals surface area contributed by atoms with E-state index < -0.39 is 0 Å². The van der Waals surface area contributed by atoms with Crippen LogP contribution in [0.5, 0.6) is 5.75 Å². The zero-order valence-corrected chi connectivity index (χ0v) is 20.7. The maximum atomic E-state index is 5.61. The van der Waals surface area contributed by atoms with E-state index in [2.05, 4.69) is 99.7 Å². The van der Waals surface area contributed by atoms with Gasteiger partial charge in [0, 0.05) is 11.3 Å². The van der Waals surface area contributed by atoms with E-state index in [1.54, 1.807) is 7.11 Å². The topological polar surface area (TPSA) is 34.1 Å². The Labute approximate surface area is 203 Å². The lowest BCUT2D eigenvalue weighted by Gasteiger charge is -2.27. The molecule has 0 aliphatic rings. The minimum absolute atomic E-state index is 0.0896. The fourth-order valence-corrected chi connectivity index (χ4v) is 4.45. The maximum Gasteiger partial charge on any atom is 0.128 e. The van der Waals surface area contributed by atoms with Crippen LogP contribution in [-0.4, -0.2) is 12.1 Å². The summed E-state index contributed by atoms with van der Waals surface area (Å²) in [5.74, 6) is 1.64. The first-order valence-electron chi connectivity index (χ1n) is 12.0. The standard InChI is InChI=1S/C31H34N2O/c1-21(2)24-16-11-17-25(22(3)4)31(24)33-30(23-13-7-6-8-14-23)28-19-12-18-27(32-28)26-15-9-10-20-29(26)34-5/h6-22,30,33H,1-5H3. The second-order valence-corrected chi connectivity index (χ2v) is 9.26. The second kappa shape index (κ2) is 10.6. The van der Waals surface area contributed by atoms with E-state index in [1.807, 2.05) is 24.3 Å². The Morgan fingerprint density at radius 2 is 1.29 bits per heavy atom. The minimum atomic E-state index is -0.0896. The molecular formula is C31H34N2O. The lowest BCUT2D eigenvalue weighted by molar-refractivity contribution is 0.416. The van der Waals surface area contributed by atoms with E-state index >= 15 is 0 Å². The van der Waals surface area contributed by atoms with Gasteiger partial charge in [0.25, 0.3) is 0 Å². The second-order valence-electron chi connectivity index (χ2n) is 9.26. The molecule has 0 fully saturated rings. The molecule has 0 saturated carbocycles. The Morgan fingerprint density at radius 1 is 0.676 bits per heavy atom. The largest absolute Gasteiger partial charge is 0.496 e. The van der Waals surface area contributed by atoms with Crippen molar-refractivity contribution in [1.29, 1.82) is 0 Å². The first kappa shape index (κ1) is 23.6. The van der Waals surface area contributed by atoms with Gasteiger partial charge >= 0.3 is 0 Å². The molecule has 1 aromatic heterocycles. The van der Waals surface area contributed by atoms with Crippen molar-refractivity contribution >= 4 is 5.69 Å². The van der Waals surface area contributed by atoms with Gasteiger partial charge in [-0.15, -0.1) is 0 Å². The molecule has 0 bridgehead atoms. The molecule has 1 heterocycles. The van der Waals surface area contributed by atoms with Crippen molar-refractivity contribution < 1.29 is 4.74 Å². The highest BCUT2D eigenvalue weighted by atomic mass is 16.5. The zero-order chi connectivity index (χ0) is 24.1. The fraction of sp³-hybridized carbons (Fsp3) is 0.258. The number of aromatic nitrogens is 1. The van der Waals surface area contributed by atoms with Gasteiger partial charge in [-0.25, -0.2) is 0 Å². The third-order valence-electron chi connectivity index (χ3n) is 6.24. The number of para-hydroxylation sites is 2. The van der Waals surface area contributed by atoms with Crippen LogP contribution in [0.3, 0.4) is 0 Å². The summed E-state index contributed by atoms with van der Waals surface area (Å²) < 4.78 is 5.61. The molecule has 1 atom stereocenters. The molecule has 1 N–H and O–H groups in total. The van der Waals surface area contributed by atoms with E-state index in [0.29, 0.717) is 11.8 Å². The highest BCUT2D eigenvalue weighted by Gasteiger charge is 2.21. The van der Waals surface area contributed by atoms with E-state index in [1.165, 1.54) is 22.4 Å². The Morgan fingerprint density at radius 3 is 1.94 bits per heavy atom. The number of hydrogen-bond acceptors (Lipinski definition) is 3. The van der Waals surface area contributed by atoms with Gasteiger partial charge in [0.15, 0.2) is 0 Å². The molecule has 4 rings (SSSR count). The summed E-state index contributed by atoms with van der Waals surface area (Å²) in [7, 11) is 1.70. The number of hydrogen-bond donors (Lipinski definition) is 1. The molecule has 4 aromatic rings. The van der Waals surface area contributed by atoms with Gasteiger partial charge in [-0.05, 0) is 52.8 Å². The zero-order valence-electron chi connectivity index (χ0n) is 20.7. The number of methoxy groups -OCH3 is 1. The molecule has 3 aromatic carbocycles. The van der Waals surface area contributed by atoms with E-state index in [4.69, 9.17) is 9.72 Å². The van der Waals surface area contributed by atoms with Crippen LogP contribution in [0.15, 0.2) is 91.0 Å². The van der Waals surface area contributed by atoms with E-state index in [9.17, 15) is 0 Å². The summed E-state index contributed by atoms with van der Waals surface area (Å²) in [4.78, 5) is 5.13. The Bertz CT molecular complexity index is 1200. The van der Waals surface area contributed by atoms with E-state index in [-0.39, 0.29) is 6.04 Å². The maximum absolute atomic E-state index is 5.61. The van der Waals surface area contributed by atoms with Crippen molar-refractivity contribution in [2.75, 3.05) is 12.4 Å².